The number of nitrogens with zero attached hydrogens (tertiary/aromatic N) is 1. The molecule has 0 atom stereocenters. The van der Waals surface area contributed by atoms with Gasteiger partial charge < -0.3 is 9.67 Å². The molecule has 1 saturated carbocycles. The van der Waals surface area contributed by atoms with E-state index in [0.717, 1.165) is 29.7 Å². The van der Waals surface area contributed by atoms with E-state index in [4.69, 9.17) is 0 Å². The van der Waals surface area contributed by atoms with Crippen molar-refractivity contribution in [2.24, 2.45) is 7.05 Å². The maximum Gasteiger partial charge on any atom is 0.314 e. The first-order chi connectivity index (χ1) is 6.49. The summed E-state index contributed by atoms with van der Waals surface area (Å²) in [6.07, 6.45) is 3.53. The smallest absolute Gasteiger partial charge is 0.314 e. The van der Waals surface area contributed by atoms with Crippen LogP contribution in [0.25, 0.3) is 0 Å². The van der Waals surface area contributed by atoms with Crippen LogP contribution in [0, 0.1) is 13.8 Å². The Bertz CT molecular complexity index is 400. The van der Waals surface area contributed by atoms with Crippen LogP contribution in [0.3, 0.4) is 0 Å². The van der Waals surface area contributed by atoms with Crippen LogP contribution in [0.2, 0.25) is 0 Å². The van der Waals surface area contributed by atoms with Crippen molar-refractivity contribution in [1.82, 2.24) is 4.57 Å². The van der Waals surface area contributed by atoms with Gasteiger partial charge in [0.15, 0.2) is 0 Å². The van der Waals surface area contributed by atoms with Gasteiger partial charge in [0.05, 0.1) is 5.41 Å². The van der Waals surface area contributed by atoms with Crippen molar-refractivity contribution in [2.75, 3.05) is 0 Å². The van der Waals surface area contributed by atoms with Crippen LogP contribution >= 0.6 is 0 Å². The van der Waals surface area contributed by atoms with Gasteiger partial charge in [-0.05, 0) is 37.8 Å². The number of aliphatic carboxylic acids is 1. The Kier molecular flexibility index (Phi) is 1.74. The molecule has 0 bridgehead atoms. The Balaban J connectivity index is 2.52. The number of aromatic nitrogens is 1. The summed E-state index contributed by atoms with van der Waals surface area (Å²) in [4.78, 5) is 11.1. The molecule has 0 spiro atoms. The summed E-state index contributed by atoms with van der Waals surface area (Å²) < 4.78 is 2.01. The van der Waals surface area contributed by atoms with Gasteiger partial charge in [-0.2, -0.15) is 0 Å². The molecule has 1 aliphatic carbocycles. The van der Waals surface area contributed by atoms with E-state index in [1.165, 1.54) is 0 Å². The lowest BCUT2D eigenvalue weighted by atomic mass is 9.95. The lowest BCUT2D eigenvalue weighted by Crippen LogP contribution is -2.19. The number of hydrogen-bond donors (Lipinski definition) is 1. The molecule has 1 aliphatic rings. The molecule has 14 heavy (non-hydrogen) atoms. The highest BCUT2D eigenvalue weighted by Crippen LogP contribution is 2.50. The van der Waals surface area contributed by atoms with Gasteiger partial charge in [-0.25, -0.2) is 0 Å². The number of carboxylic acids is 1. The summed E-state index contributed by atoms with van der Waals surface area (Å²) in [5.41, 5.74) is 2.74. The van der Waals surface area contributed by atoms with Crippen molar-refractivity contribution in [3.05, 3.63) is 23.0 Å². The van der Waals surface area contributed by atoms with Gasteiger partial charge in [0.2, 0.25) is 0 Å². The van der Waals surface area contributed by atoms with E-state index in [9.17, 15) is 9.90 Å². The van der Waals surface area contributed by atoms with Crippen LogP contribution in [-0.2, 0) is 17.3 Å². The second-order valence-corrected chi connectivity index (χ2v) is 4.25. The Labute approximate surface area is 83.4 Å². The van der Waals surface area contributed by atoms with Crippen LogP contribution in [0.1, 0.15) is 29.7 Å². The van der Waals surface area contributed by atoms with E-state index in [1.54, 1.807) is 0 Å². The minimum Gasteiger partial charge on any atom is -0.481 e. The predicted molar refractivity (Wildman–Crippen MR) is 53.4 cm³/mol. The number of carboxylic acid groups (broad SMARTS) is 1. The average molecular weight is 193 g/mol. The third kappa shape index (κ3) is 1.01. The quantitative estimate of drug-likeness (QED) is 0.777. The summed E-state index contributed by atoms with van der Waals surface area (Å²) in [7, 11) is 1.96. The zero-order valence-corrected chi connectivity index (χ0v) is 8.79. The average Bonchev–Trinajstić information content (AvgIpc) is 2.87. The number of aryl methyl sites for hydroxylation is 1. The number of hydrogen-bond acceptors (Lipinski definition) is 1. The van der Waals surface area contributed by atoms with Crippen molar-refractivity contribution in [3.8, 4) is 0 Å². The standard InChI is InChI=1S/C11H15NO2/c1-7-8(2)12(3)6-9(7)11(4-5-11)10(13)14/h6H,4-5H2,1-3H3,(H,13,14). The lowest BCUT2D eigenvalue weighted by Gasteiger charge is -2.08. The van der Waals surface area contributed by atoms with E-state index >= 15 is 0 Å². The third-order valence-corrected chi connectivity index (χ3v) is 3.47. The normalized spacial score (nSPS) is 18.2. The molecule has 0 saturated heterocycles. The van der Waals surface area contributed by atoms with Crippen molar-refractivity contribution >= 4 is 5.97 Å². The van der Waals surface area contributed by atoms with Gasteiger partial charge in [0.1, 0.15) is 0 Å². The highest BCUT2D eigenvalue weighted by atomic mass is 16.4. The molecule has 1 N–H and O–H groups in total. The van der Waals surface area contributed by atoms with Crippen LogP contribution in [0.15, 0.2) is 6.20 Å². The van der Waals surface area contributed by atoms with Crippen molar-refractivity contribution in [2.45, 2.75) is 32.1 Å². The van der Waals surface area contributed by atoms with Crippen LogP contribution in [0.5, 0.6) is 0 Å². The van der Waals surface area contributed by atoms with Gasteiger partial charge in [-0.15, -0.1) is 0 Å². The van der Waals surface area contributed by atoms with Crippen LogP contribution in [-0.4, -0.2) is 15.6 Å². The van der Waals surface area contributed by atoms with E-state index in [0.29, 0.717) is 0 Å². The Hall–Kier alpha value is -1.25. The van der Waals surface area contributed by atoms with Crippen LogP contribution < -0.4 is 0 Å². The molecule has 1 aromatic rings. The summed E-state index contributed by atoms with van der Waals surface area (Å²) in [6, 6.07) is 0. The molecular weight excluding hydrogens is 178 g/mol. The number of carbonyl (C=O) groups is 1. The molecule has 2 rings (SSSR count). The first-order valence-electron chi connectivity index (χ1n) is 4.85. The first kappa shape index (κ1) is 9.31. The predicted octanol–water partition coefficient (Wildman–Crippen LogP) is 1.76. The molecule has 0 radical (unpaired) electrons. The molecular formula is C11H15NO2. The maximum absolute atomic E-state index is 11.1. The topological polar surface area (TPSA) is 42.2 Å². The molecule has 0 amide bonds. The second kappa shape index (κ2) is 2.62. The molecule has 0 aromatic carbocycles. The zero-order valence-electron chi connectivity index (χ0n) is 8.79. The number of rotatable bonds is 2. The Morgan fingerprint density at radius 2 is 2.07 bits per heavy atom. The summed E-state index contributed by atoms with van der Waals surface area (Å²) >= 11 is 0. The molecule has 1 heterocycles. The zero-order chi connectivity index (χ0) is 10.5. The van der Waals surface area contributed by atoms with Crippen LogP contribution in [0.4, 0.5) is 0 Å². The highest BCUT2D eigenvalue weighted by molar-refractivity contribution is 5.85. The molecule has 1 fully saturated rings. The van der Waals surface area contributed by atoms with Crippen molar-refractivity contribution in [3.63, 3.8) is 0 Å². The minimum atomic E-state index is -0.675. The van der Waals surface area contributed by atoms with E-state index in [-0.39, 0.29) is 0 Å². The molecule has 0 unspecified atom stereocenters. The fraction of sp³-hybridized carbons (Fsp3) is 0.545. The fourth-order valence-electron chi connectivity index (χ4n) is 2.05. The van der Waals surface area contributed by atoms with Gasteiger partial charge in [-0.1, -0.05) is 0 Å². The Morgan fingerprint density at radius 3 is 2.36 bits per heavy atom. The molecule has 3 nitrogen and oxygen atoms in total. The largest absolute Gasteiger partial charge is 0.481 e. The maximum atomic E-state index is 11.1. The molecule has 0 aliphatic heterocycles. The van der Waals surface area contributed by atoms with Gasteiger partial charge in [0, 0.05) is 18.9 Å². The second-order valence-electron chi connectivity index (χ2n) is 4.25. The van der Waals surface area contributed by atoms with E-state index < -0.39 is 11.4 Å². The van der Waals surface area contributed by atoms with Gasteiger partial charge in [-0.3, -0.25) is 4.79 Å². The molecule has 3 heteroatoms. The Morgan fingerprint density at radius 1 is 1.50 bits per heavy atom. The summed E-state index contributed by atoms with van der Waals surface area (Å²) in [6.45, 7) is 4.03. The highest BCUT2D eigenvalue weighted by Gasteiger charge is 2.53. The molecule has 1 aromatic heterocycles. The summed E-state index contributed by atoms with van der Waals surface area (Å²) in [5.74, 6) is -0.675. The van der Waals surface area contributed by atoms with E-state index in [1.807, 2.05) is 31.7 Å². The van der Waals surface area contributed by atoms with E-state index in [2.05, 4.69) is 0 Å². The van der Waals surface area contributed by atoms with Crippen molar-refractivity contribution < 1.29 is 9.90 Å². The van der Waals surface area contributed by atoms with Crippen molar-refractivity contribution in [1.29, 1.82) is 0 Å². The first-order valence-corrected chi connectivity index (χ1v) is 4.85. The SMILES string of the molecule is Cc1c(C2(C(=O)O)CC2)cn(C)c1C. The monoisotopic (exact) mass is 193 g/mol. The van der Waals surface area contributed by atoms with Gasteiger partial charge >= 0.3 is 5.97 Å². The minimum absolute atomic E-state index is 0.559. The lowest BCUT2D eigenvalue weighted by molar-refractivity contribution is -0.140. The molecule has 76 valence electrons. The third-order valence-electron chi connectivity index (χ3n) is 3.47. The summed E-state index contributed by atoms with van der Waals surface area (Å²) in [5, 5.41) is 9.17. The fourth-order valence-corrected chi connectivity index (χ4v) is 2.05. The van der Waals surface area contributed by atoms with Gasteiger partial charge in [0.25, 0.3) is 0 Å².